The number of hydrogen-bond donors (Lipinski definition) is 0. The van der Waals surface area contributed by atoms with Crippen LogP contribution in [-0.2, 0) is 0 Å². The van der Waals surface area contributed by atoms with Crippen molar-refractivity contribution < 1.29 is 0 Å². The van der Waals surface area contributed by atoms with Gasteiger partial charge in [-0.05, 0) is 12.3 Å². The molecule has 0 heterocycles. The Bertz CT molecular complexity index is 174. The Morgan fingerprint density at radius 1 is 1.45 bits per heavy atom. The molecule has 0 aromatic carbocycles. The van der Waals surface area contributed by atoms with Crippen LogP contribution in [0.15, 0.2) is 16.6 Å². The Kier molecular flexibility index (Phi) is 3.81. The van der Waals surface area contributed by atoms with E-state index in [1.165, 1.54) is 0 Å². The Balaban J connectivity index is 4.12. The third kappa shape index (κ3) is 5.02. The lowest BCUT2D eigenvalue weighted by atomic mass is 9.91. The molecule has 0 aliphatic heterocycles. The summed E-state index contributed by atoms with van der Waals surface area (Å²) in [6.45, 7) is 12.5. The molecule has 0 radical (unpaired) electrons. The van der Waals surface area contributed by atoms with Gasteiger partial charge in [0.15, 0.2) is 0 Å². The molecule has 0 amide bonds. The molecule has 0 aromatic rings. The van der Waals surface area contributed by atoms with Crippen molar-refractivity contribution in [1.82, 2.24) is 0 Å². The molecule has 0 aromatic heterocycles. The van der Waals surface area contributed by atoms with E-state index < -0.39 is 0 Å². The SMILES string of the molecule is C=C(Cl)C/N=C(\C)C(C)(C)C. The first-order valence-electron chi connectivity index (χ1n) is 3.69. The number of hydrogen-bond acceptors (Lipinski definition) is 1. The quantitative estimate of drug-likeness (QED) is 0.569. The second-order valence-electron chi connectivity index (χ2n) is 3.67. The van der Waals surface area contributed by atoms with Gasteiger partial charge in [0.2, 0.25) is 0 Å². The lowest BCUT2D eigenvalue weighted by Gasteiger charge is -2.17. The zero-order valence-corrected chi connectivity index (χ0v) is 8.50. The molecule has 0 saturated heterocycles. The van der Waals surface area contributed by atoms with E-state index in [0.717, 1.165) is 5.71 Å². The summed E-state index contributed by atoms with van der Waals surface area (Å²) < 4.78 is 0. The highest BCUT2D eigenvalue weighted by atomic mass is 35.5. The second kappa shape index (κ2) is 3.91. The third-order valence-corrected chi connectivity index (χ3v) is 1.69. The van der Waals surface area contributed by atoms with Crippen LogP contribution in [0, 0.1) is 5.41 Å². The Morgan fingerprint density at radius 3 is 2.18 bits per heavy atom. The van der Waals surface area contributed by atoms with E-state index >= 15 is 0 Å². The highest BCUT2D eigenvalue weighted by molar-refractivity contribution is 6.29. The highest BCUT2D eigenvalue weighted by Crippen LogP contribution is 2.15. The van der Waals surface area contributed by atoms with Gasteiger partial charge >= 0.3 is 0 Å². The zero-order valence-electron chi connectivity index (χ0n) is 7.74. The van der Waals surface area contributed by atoms with Gasteiger partial charge in [-0.3, -0.25) is 4.99 Å². The summed E-state index contributed by atoms with van der Waals surface area (Å²) >= 11 is 5.57. The molecular weight excluding hydrogens is 158 g/mol. The molecule has 0 aliphatic carbocycles. The molecule has 0 aliphatic rings. The van der Waals surface area contributed by atoms with E-state index in [9.17, 15) is 0 Å². The smallest absolute Gasteiger partial charge is 0.0739 e. The van der Waals surface area contributed by atoms with Crippen molar-refractivity contribution in [1.29, 1.82) is 0 Å². The van der Waals surface area contributed by atoms with Gasteiger partial charge in [-0.25, -0.2) is 0 Å². The maximum Gasteiger partial charge on any atom is 0.0739 e. The third-order valence-electron chi connectivity index (χ3n) is 1.57. The van der Waals surface area contributed by atoms with Crippen LogP contribution in [0.2, 0.25) is 0 Å². The lowest BCUT2D eigenvalue weighted by molar-refractivity contribution is 0.586. The number of halogens is 1. The summed E-state index contributed by atoms with van der Waals surface area (Å²) in [6.07, 6.45) is 0. The van der Waals surface area contributed by atoms with Crippen molar-refractivity contribution in [2.24, 2.45) is 10.4 Å². The van der Waals surface area contributed by atoms with Gasteiger partial charge in [0, 0.05) is 10.7 Å². The van der Waals surface area contributed by atoms with Gasteiger partial charge in [0.25, 0.3) is 0 Å². The number of aliphatic imine (C=N–C) groups is 1. The summed E-state index contributed by atoms with van der Waals surface area (Å²) in [6, 6.07) is 0. The van der Waals surface area contributed by atoms with Crippen molar-refractivity contribution in [3.05, 3.63) is 11.6 Å². The fraction of sp³-hybridized carbons (Fsp3) is 0.667. The average molecular weight is 174 g/mol. The molecular formula is C9H16ClN. The molecule has 64 valence electrons. The van der Waals surface area contributed by atoms with Crippen LogP contribution in [0.1, 0.15) is 27.7 Å². The van der Waals surface area contributed by atoms with Crippen LogP contribution in [0.3, 0.4) is 0 Å². The van der Waals surface area contributed by atoms with Crippen LogP contribution in [0.5, 0.6) is 0 Å². The van der Waals surface area contributed by atoms with Gasteiger partial charge < -0.3 is 0 Å². The minimum atomic E-state index is 0.145. The molecule has 1 nitrogen and oxygen atoms in total. The van der Waals surface area contributed by atoms with Gasteiger partial charge in [0.05, 0.1) is 6.54 Å². The number of rotatable bonds is 2. The standard InChI is InChI=1S/C9H16ClN/c1-7(10)6-11-8(2)9(3,4)5/h1,6H2,2-5H3/b11-8+. The van der Waals surface area contributed by atoms with Crippen LogP contribution in [0.25, 0.3) is 0 Å². The van der Waals surface area contributed by atoms with Crippen molar-refractivity contribution in [2.75, 3.05) is 6.54 Å². The van der Waals surface area contributed by atoms with Crippen LogP contribution in [0.4, 0.5) is 0 Å². The molecule has 0 bridgehead atoms. The zero-order chi connectivity index (χ0) is 9.07. The van der Waals surface area contributed by atoms with Crippen LogP contribution in [-0.4, -0.2) is 12.3 Å². The van der Waals surface area contributed by atoms with E-state index in [4.69, 9.17) is 11.6 Å². The number of nitrogens with zero attached hydrogens (tertiary/aromatic N) is 1. The van der Waals surface area contributed by atoms with E-state index in [0.29, 0.717) is 11.6 Å². The molecule has 0 fully saturated rings. The molecule has 0 saturated carbocycles. The predicted octanol–water partition coefficient (Wildman–Crippen LogP) is 3.25. The summed E-state index contributed by atoms with van der Waals surface area (Å²) in [5, 5.41) is 0.591. The Morgan fingerprint density at radius 2 is 1.91 bits per heavy atom. The average Bonchev–Trinajstić information content (AvgIpc) is 1.80. The van der Waals surface area contributed by atoms with Crippen molar-refractivity contribution in [2.45, 2.75) is 27.7 Å². The molecule has 0 atom stereocenters. The fourth-order valence-corrected chi connectivity index (χ4v) is 0.501. The maximum atomic E-state index is 5.57. The van der Waals surface area contributed by atoms with Gasteiger partial charge in [-0.15, -0.1) is 0 Å². The minimum absolute atomic E-state index is 0.145. The van der Waals surface area contributed by atoms with Crippen molar-refractivity contribution in [3.8, 4) is 0 Å². The normalized spacial score (nSPS) is 13.4. The Hall–Kier alpha value is -0.300. The topological polar surface area (TPSA) is 12.4 Å². The van der Waals surface area contributed by atoms with E-state index in [2.05, 4.69) is 32.3 Å². The molecule has 0 rings (SSSR count). The molecule has 0 spiro atoms. The first-order chi connectivity index (χ1) is 4.84. The molecule has 0 N–H and O–H groups in total. The summed E-state index contributed by atoms with van der Waals surface area (Å²) in [5.41, 5.74) is 1.26. The van der Waals surface area contributed by atoms with Gasteiger partial charge in [-0.2, -0.15) is 0 Å². The summed E-state index contributed by atoms with van der Waals surface area (Å²) in [7, 11) is 0. The molecule has 2 heteroatoms. The minimum Gasteiger partial charge on any atom is -0.288 e. The summed E-state index contributed by atoms with van der Waals surface area (Å²) in [4.78, 5) is 4.28. The largest absolute Gasteiger partial charge is 0.288 e. The van der Waals surface area contributed by atoms with E-state index in [-0.39, 0.29) is 5.41 Å². The monoisotopic (exact) mass is 173 g/mol. The van der Waals surface area contributed by atoms with Gasteiger partial charge in [0.1, 0.15) is 0 Å². The fourth-order valence-electron chi connectivity index (χ4n) is 0.442. The highest BCUT2D eigenvalue weighted by Gasteiger charge is 2.13. The first-order valence-corrected chi connectivity index (χ1v) is 4.06. The van der Waals surface area contributed by atoms with Crippen molar-refractivity contribution >= 4 is 17.3 Å². The Labute approximate surface area is 74.2 Å². The first kappa shape index (κ1) is 10.7. The van der Waals surface area contributed by atoms with Crippen molar-refractivity contribution in [3.63, 3.8) is 0 Å². The lowest BCUT2D eigenvalue weighted by Crippen LogP contribution is -2.17. The van der Waals surface area contributed by atoms with Crippen LogP contribution >= 0.6 is 11.6 Å². The molecule has 0 unspecified atom stereocenters. The van der Waals surface area contributed by atoms with Crippen LogP contribution < -0.4 is 0 Å². The van der Waals surface area contributed by atoms with Gasteiger partial charge in [-0.1, -0.05) is 39.0 Å². The summed E-state index contributed by atoms with van der Waals surface area (Å²) in [5.74, 6) is 0. The van der Waals surface area contributed by atoms with E-state index in [1.54, 1.807) is 0 Å². The predicted molar refractivity (Wildman–Crippen MR) is 52.4 cm³/mol. The molecule has 11 heavy (non-hydrogen) atoms. The second-order valence-corrected chi connectivity index (χ2v) is 4.20. The maximum absolute atomic E-state index is 5.57. The van der Waals surface area contributed by atoms with E-state index in [1.807, 2.05) is 6.92 Å².